The highest BCUT2D eigenvalue weighted by atomic mass is 79.9. The van der Waals surface area contributed by atoms with Gasteiger partial charge in [0.15, 0.2) is 0 Å². The molecule has 0 saturated carbocycles. The highest BCUT2D eigenvalue weighted by Gasteiger charge is 2.12. The zero-order chi connectivity index (χ0) is 10.3. The Morgan fingerprint density at radius 3 is 2.77 bits per heavy atom. The van der Waals surface area contributed by atoms with Crippen LogP contribution in [0.3, 0.4) is 0 Å². The van der Waals surface area contributed by atoms with Crippen molar-refractivity contribution in [2.45, 2.75) is 12.5 Å². The summed E-state index contributed by atoms with van der Waals surface area (Å²) in [7, 11) is 3.19. The van der Waals surface area contributed by atoms with Crippen molar-refractivity contribution < 1.29 is 14.6 Å². The van der Waals surface area contributed by atoms with E-state index in [9.17, 15) is 9.90 Å². The SMILES string of the molecule is COCC(O)CN(C)C(=O)CCBr. The summed E-state index contributed by atoms with van der Waals surface area (Å²) in [6, 6.07) is 0. The van der Waals surface area contributed by atoms with E-state index in [1.165, 1.54) is 12.0 Å². The van der Waals surface area contributed by atoms with Crippen LogP contribution in [0, 0.1) is 0 Å². The number of carbonyl (C=O) groups excluding carboxylic acids is 1. The molecule has 1 atom stereocenters. The molecule has 0 saturated heterocycles. The average molecular weight is 254 g/mol. The van der Waals surface area contributed by atoms with Crippen molar-refractivity contribution in [3.05, 3.63) is 0 Å². The van der Waals surface area contributed by atoms with Gasteiger partial charge < -0.3 is 14.7 Å². The molecule has 0 spiro atoms. The van der Waals surface area contributed by atoms with E-state index in [0.29, 0.717) is 18.3 Å². The largest absolute Gasteiger partial charge is 0.389 e. The van der Waals surface area contributed by atoms with E-state index in [1.54, 1.807) is 7.05 Å². The van der Waals surface area contributed by atoms with E-state index in [4.69, 9.17) is 4.74 Å². The second-order valence-electron chi connectivity index (χ2n) is 2.82. The van der Waals surface area contributed by atoms with Gasteiger partial charge in [-0.15, -0.1) is 0 Å². The second kappa shape index (κ2) is 7.29. The van der Waals surface area contributed by atoms with Gasteiger partial charge in [0.1, 0.15) is 0 Å². The highest BCUT2D eigenvalue weighted by Crippen LogP contribution is 1.96. The van der Waals surface area contributed by atoms with Gasteiger partial charge in [-0.3, -0.25) is 4.79 Å². The molecule has 0 aliphatic rings. The van der Waals surface area contributed by atoms with Crippen LogP contribution in [0.1, 0.15) is 6.42 Å². The molecule has 5 heteroatoms. The van der Waals surface area contributed by atoms with Crippen LogP contribution in [-0.2, 0) is 9.53 Å². The molecule has 0 rings (SSSR count). The number of halogens is 1. The topological polar surface area (TPSA) is 49.8 Å². The normalized spacial score (nSPS) is 12.6. The number of carbonyl (C=O) groups is 1. The molecule has 13 heavy (non-hydrogen) atoms. The van der Waals surface area contributed by atoms with Crippen LogP contribution in [0.25, 0.3) is 0 Å². The summed E-state index contributed by atoms with van der Waals surface area (Å²) in [5, 5.41) is 9.96. The third kappa shape index (κ3) is 6.01. The molecule has 78 valence electrons. The van der Waals surface area contributed by atoms with Crippen molar-refractivity contribution >= 4 is 21.8 Å². The predicted octanol–water partition coefficient (Wildman–Crippen LogP) is 0.237. The first-order chi connectivity index (χ1) is 6.11. The van der Waals surface area contributed by atoms with Crippen LogP contribution in [-0.4, -0.2) is 54.7 Å². The first kappa shape index (κ1) is 12.9. The maximum absolute atomic E-state index is 11.2. The lowest BCUT2D eigenvalue weighted by atomic mass is 10.3. The highest BCUT2D eigenvalue weighted by molar-refractivity contribution is 9.09. The molecular formula is C8H16BrNO3. The van der Waals surface area contributed by atoms with Crippen LogP contribution in [0.15, 0.2) is 0 Å². The number of aliphatic hydroxyl groups excluding tert-OH is 1. The number of likely N-dealkylation sites (N-methyl/N-ethyl adjacent to an activating group) is 1. The summed E-state index contributed by atoms with van der Waals surface area (Å²) in [4.78, 5) is 12.7. The van der Waals surface area contributed by atoms with E-state index in [2.05, 4.69) is 15.9 Å². The van der Waals surface area contributed by atoms with Crippen molar-refractivity contribution in [1.29, 1.82) is 0 Å². The van der Waals surface area contributed by atoms with E-state index >= 15 is 0 Å². The van der Waals surface area contributed by atoms with Gasteiger partial charge in [-0.25, -0.2) is 0 Å². The minimum absolute atomic E-state index is 0.0204. The molecule has 1 amide bonds. The molecule has 0 aliphatic heterocycles. The molecule has 0 radical (unpaired) electrons. The Bertz CT molecular complexity index is 154. The molecule has 1 N–H and O–H groups in total. The molecule has 0 aliphatic carbocycles. The van der Waals surface area contributed by atoms with Gasteiger partial charge in [0.05, 0.1) is 12.7 Å². The molecule has 0 aromatic carbocycles. The maximum Gasteiger partial charge on any atom is 0.223 e. The predicted molar refractivity (Wildman–Crippen MR) is 53.9 cm³/mol. The Morgan fingerprint density at radius 1 is 1.69 bits per heavy atom. The number of hydrogen-bond acceptors (Lipinski definition) is 3. The molecule has 1 unspecified atom stereocenters. The number of rotatable bonds is 6. The van der Waals surface area contributed by atoms with Crippen LogP contribution in [0.2, 0.25) is 0 Å². The average Bonchev–Trinajstić information content (AvgIpc) is 2.05. The fourth-order valence-corrected chi connectivity index (χ4v) is 1.27. The molecule has 0 aromatic rings. The van der Waals surface area contributed by atoms with Crippen molar-refractivity contribution in [3.8, 4) is 0 Å². The Kier molecular flexibility index (Phi) is 7.22. The Hall–Kier alpha value is -0.130. The van der Waals surface area contributed by atoms with E-state index in [-0.39, 0.29) is 12.5 Å². The molecular weight excluding hydrogens is 238 g/mol. The molecule has 4 nitrogen and oxygen atoms in total. The number of nitrogens with zero attached hydrogens (tertiary/aromatic N) is 1. The van der Waals surface area contributed by atoms with E-state index < -0.39 is 6.10 Å². The monoisotopic (exact) mass is 253 g/mol. The number of aliphatic hydroxyl groups is 1. The Morgan fingerprint density at radius 2 is 2.31 bits per heavy atom. The fraction of sp³-hybridized carbons (Fsp3) is 0.875. The number of alkyl halides is 1. The second-order valence-corrected chi connectivity index (χ2v) is 3.62. The van der Waals surface area contributed by atoms with Gasteiger partial charge >= 0.3 is 0 Å². The first-order valence-electron chi connectivity index (χ1n) is 4.08. The lowest BCUT2D eigenvalue weighted by Gasteiger charge is -2.19. The van der Waals surface area contributed by atoms with Gasteiger partial charge in [-0.05, 0) is 0 Å². The van der Waals surface area contributed by atoms with Crippen LogP contribution in [0.5, 0.6) is 0 Å². The third-order valence-electron chi connectivity index (χ3n) is 1.58. The summed E-state index contributed by atoms with van der Waals surface area (Å²) in [6.07, 6.45) is -0.148. The summed E-state index contributed by atoms with van der Waals surface area (Å²) in [5.41, 5.74) is 0. The van der Waals surface area contributed by atoms with Gasteiger partial charge in [0, 0.05) is 32.5 Å². The van der Waals surface area contributed by atoms with Crippen molar-refractivity contribution in [1.82, 2.24) is 4.90 Å². The first-order valence-corrected chi connectivity index (χ1v) is 5.21. The zero-order valence-electron chi connectivity index (χ0n) is 7.99. The lowest BCUT2D eigenvalue weighted by molar-refractivity contribution is -0.131. The maximum atomic E-state index is 11.2. The van der Waals surface area contributed by atoms with E-state index in [0.717, 1.165) is 0 Å². The molecule has 0 fully saturated rings. The van der Waals surface area contributed by atoms with Gasteiger partial charge in [0.2, 0.25) is 5.91 Å². The minimum atomic E-state index is -0.603. The fourth-order valence-electron chi connectivity index (χ4n) is 0.935. The van der Waals surface area contributed by atoms with Crippen molar-refractivity contribution in [2.75, 3.05) is 32.6 Å². The van der Waals surface area contributed by atoms with Gasteiger partial charge in [0.25, 0.3) is 0 Å². The number of ether oxygens (including phenoxy) is 1. The molecule has 0 heterocycles. The number of hydrogen-bond donors (Lipinski definition) is 1. The number of amides is 1. The minimum Gasteiger partial charge on any atom is -0.389 e. The number of methoxy groups -OCH3 is 1. The summed E-state index contributed by atoms with van der Waals surface area (Å²) in [6.45, 7) is 0.575. The zero-order valence-corrected chi connectivity index (χ0v) is 9.58. The van der Waals surface area contributed by atoms with Gasteiger partial charge in [-0.1, -0.05) is 15.9 Å². The van der Waals surface area contributed by atoms with Gasteiger partial charge in [-0.2, -0.15) is 0 Å². The van der Waals surface area contributed by atoms with E-state index in [1.807, 2.05) is 0 Å². The smallest absolute Gasteiger partial charge is 0.223 e. The molecule has 0 bridgehead atoms. The standard InChI is InChI=1S/C8H16BrNO3/c1-10(8(12)3-4-9)5-7(11)6-13-2/h7,11H,3-6H2,1-2H3. The van der Waals surface area contributed by atoms with Crippen LogP contribution < -0.4 is 0 Å². The summed E-state index contributed by atoms with van der Waals surface area (Å²) in [5.74, 6) is 0.0204. The van der Waals surface area contributed by atoms with Crippen molar-refractivity contribution in [3.63, 3.8) is 0 Å². The summed E-state index contributed by atoms with van der Waals surface area (Å²) >= 11 is 3.18. The third-order valence-corrected chi connectivity index (χ3v) is 1.97. The quantitative estimate of drug-likeness (QED) is 0.691. The Labute approximate surface area is 87.0 Å². The Balaban J connectivity index is 3.71. The molecule has 0 aromatic heterocycles. The van der Waals surface area contributed by atoms with Crippen LogP contribution >= 0.6 is 15.9 Å². The lowest BCUT2D eigenvalue weighted by Crippen LogP contribution is -2.36. The van der Waals surface area contributed by atoms with Crippen LogP contribution in [0.4, 0.5) is 0 Å². The summed E-state index contributed by atoms with van der Waals surface area (Å²) < 4.78 is 4.75. The van der Waals surface area contributed by atoms with Crippen molar-refractivity contribution in [2.24, 2.45) is 0 Å².